The number of amidine groups is 1. The molecule has 100 valence electrons. The molecular formula is C11H16N2O4S. The molecule has 1 aromatic rings. The van der Waals surface area contributed by atoms with Crippen LogP contribution in [-0.4, -0.2) is 37.6 Å². The molecule has 0 heterocycles. The predicted molar refractivity (Wildman–Crippen MR) is 68.8 cm³/mol. The third kappa shape index (κ3) is 4.25. The quantitative estimate of drug-likeness (QED) is 0.341. The molecule has 0 aliphatic carbocycles. The molecule has 0 fully saturated rings. The fourth-order valence-corrected chi connectivity index (χ4v) is 1.84. The maximum atomic E-state index is 11.2. The molecule has 0 saturated carbocycles. The summed E-state index contributed by atoms with van der Waals surface area (Å²) in [6.07, 6.45) is 0. The van der Waals surface area contributed by atoms with Gasteiger partial charge in [-0.3, -0.25) is 0 Å². The summed E-state index contributed by atoms with van der Waals surface area (Å²) in [5.74, 6) is 0.649. The highest BCUT2D eigenvalue weighted by Gasteiger charge is 2.07. The van der Waals surface area contributed by atoms with Gasteiger partial charge in [-0.2, -0.15) is 0 Å². The minimum absolute atomic E-state index is 0.00844. The van der Waals surface area contributed by atoms with Gasteiger partial charge in [-0.1, -0.05) is 12.1 Å². The topological polar surface area (TPSA) is 102 Å². The third-order valence-electron chi connectivity index (χ3n) is 2.36. The van der Waals surface area contributed by atoms with E-state index < -0.39 is 9.84 Å². The Bertz CT molecular complexity index is 508. The SMILES string of the molecule is CCS(=O)(=O)CCOc1ccc(/C(N)=N/O)cc1. The van der Waals surface area contributed by atoms with Crippen molar-refractivity contribution in [2.24, 2.45) is 10.9 Å². The van der Waals surface area contributed by atoms with Crippen LogP contribution in [0.25, 0.3) is 0 Å². The van der Waals surface area contributed by atoms with Crippen LogP contribution in [0.3, 0.4) is 0 Å². The van der Waals surface area contributed by atoms with Crippen molar-refractivity contribution in [2.75, 3.05) is 18.1 Å². The molecule has 0 spiro atoms. The lowest BCUT2D eigenvalue weighted by atomic mass is 10.2. The molecule has 1 aromatic carbocycles. The highest BCUT2D eigenvalue weighted by molar-refractivity contribution is 7.91. The maximum absolute atomic E-state index is 11.2. The van der Waals surface area contributed by atoms with E-state index in [1.54, 1.807) is 31.2 Å². The molecule has 0 saturated heterocycles. The first-order valence-electron chi connectivity index (χ1n) is 5.39. The Labute approximate surface area is 106 Å². The number of sulfone groups is 1. The molecule has 0 atom stereocenters. The van der Waals surface area contributed by atoms with Gasteiger partial charge < -0.3 is 15.7 Å². The van der Waals surface area contributed by atoms with Crippen LogP contribution in [0, 0.1) is 0 Å². The van der Waals surface area contributed by atoms with E-state index in [-0.39, 0.29) is 23.9 Å². The van der Waals surface area contributed by atoms with Crippen molar-refractivity contribution in [2.45, 2.75) is 6.92 Å². The molecule has 0 unspecified atom stereocenters. The number of rotatable bonds is 6. The Morgan fingerprint density at radius 3 is 2.50 bits per heavy atom. The van der Waals surface area contributed by atoms with E-state index >= 15 is 0 Å². The van der Waals surface area contributed by atoms with Gasteiger partial charge in [0.05, 0.1) is 5.75 Å². The summed E-state index contributed by atoms with van der Waals surface area (Å²) in [5.41, 5.74) is 5.96. The van der Waals surface area contributed by atoms with Crippen LogP contribution in [0.4, 0.5) is 0 Å². The molecule has 3 N–H and O–H groups in total. The van der Waals surface area contributed by atoms with Gasteiger partial charge in [0.25, 0.3) is 0 Å². The Kier molecular flexibility index (Phi) is 4.96. The zero-order valence-corrected chi connectivity index (χ0v) is 10.9. The lowest BCUT2D eigenvalue weighted by Crippen LogP contribution is -2.16. The molecule has 0 amide bonds. The molecule has 18 heavy (non-hydrogen) atoms. The second-order valence-corrected chi connectivity index (χ2v) is 6.07. The van der Waals surface area contributed by atoms with E-state index in [1.807, 2.05) is 0 Å². The van der Waals surface area contributed by atoms with E-state index in [0.717, 1.165) is 0 Å². The molecule has 0 aliphatic heterocycles. The number of oxime groups is 1. The van der Waals surface area contributed by atoms with Gasteiger partial charge in [0.2, 0.25) is 0 Å². The van der Waals surface area contributed by atoms with Crippen molar-refractivity contribution >= 4 is 15.7 Å². The predicted octanol–water partition coefficient (Wildman–Crippen LogP) is 0.595. The standard InChI is InChI=1S/C11H16N2O4S/c1-2-18(15,16)8-7-17-10-5-3-9(4-6-10)11(12)13-14/h3-6,14H,2,7-8H2,1H3,(H2,12,13). The fraction of sp³-hybridized carbons (Fsp3) is 0.364. The summed E-state index contributed by atoms with van der Waals surface area (Å²) in [7, 11) is -3.01. The first kappa shape index (κ1) is 14.3. The first-order chi connectivity index (χ1) is 8.48. The summed E-state index contributed by atoms with van der Waals surface area (Å²) in [6, 6.07) is 6.51. The fourth-order valence-electron chi connectivity index (χ4n) is 1.21. The van der Waals surface area contributed by atoms with Crippen molar-refractivity contribution in [3.05, 3.63) is 29.8 Å². The highest BCUT2D eigenvalue weighted by atomic mass is 32.2. The Morgan fingerprint density at radius 2 is 2.00 bits per heavy atom. The van der Waals surface area contributed by atoms with Crippen LogP contribution < -0.4 is 10.5 Å². The Morgan fingerprint density at radius 1 is 1.39 bits per heavy atom. The van der Waals surface area contributed by atoms with Gasteiger partial charge in [0.1, 0.15) is 12.4 Å². The maximum Gasteiger partial charge on any atom is 0.170 e. The smallest absolute Gasteiger partial charge is 0.170 e. The van der Waals surface area contributed by atoms with E-state index in [4.69, 9.17) is 15.7 Å². The average molecular weight is 272 g/mol. The van der Waals surface area contributed by atoms with Gasteiger partial charge in [-0.05, 0) is 24.3 Å². The monoisotopic (exact) mass is 272 g/mol. The van der Waals surface area contributed by atoms with Crippen LogP contribution in [-0.2, 0) is 9.84 Å². The minimum Gasteiger partial charge on any atom is -0.493 e. The molecule has 7 heteroatoms. The first-order valence-corrected chi connectivity index (χ1v) is 7.22. The van der Waals surface area contributed by atoms with Crippen molar-refractivity contribution in [3.63, 3.8) is 0 Å². The summed E-state index contributed by atoms with van der Waals surface area (Å²) >= 11 is 0. The Hall–Kier alpha value is -1.76. The van der Waals surface area contributed by atoms with Crippen LogP contribution in [0.2, 0.25) is 0 Å². The second kappa shape index (κ2) is 6.25. The normalized spacial score (nSPS) is 12.4. The van der Waals surface area contributed by atoms with Crippen LogP contribution >= 0.6 is 0 Å². The number of hydrogen-bond donors (Lipinski definition) is 2. The van der Waals surface area contributed by atoms with E-state index in [1.165, 1.54) is 0 Å². The van der Waals surface area contributed by atoms with E-state index in [9.17, 15) is 8.42 Å². The van der Waals surface area contributed by atoms with Crippen molar-refractivity contribution in [1.82, 2.24) is 0 Å². The molecule has 1 rings (SSSR count). The average Bonchev–Trinajstić information content (AvgIpc) is 2.38. The van der Waals surface area contributed by atoms with Crippen molar-refractivity contribution < 1.29 is 18.4 Å². The van der Waals surface area contributed by atoms with Gasteiger partial charge in [-0.25, -0.2) is 8.42 Å². The van der Waals surface area contributed by atoms with Crippen molar-refractivity contribution in [3.8, 4) is 5.75 Å². The van der Waals surface area contributed by atoms with Gasteiger partial charge >= 0.3 is 0 Å². The zero-order valence-electron chi connectivity index (χ0n) is 10.0. The number of benzene rings is 1. The summed E-state index contributed by atoms with van der Waals surface area (Å²) in [5, 5.41) is 11.3. The van der Waals surface area contributed by atoms with E-state index in [2.05, 4.69) is 5.16 Å². The number of ether oxygens (including phenoxy) is 1. The van der Waals surface area contributed by atoms with Crippen LogP contribution in [0.1, 0.15) is 12.5 Å². The molecule has 6 nitrogen and oxygen atoms in total. The largest absolute Gasteiger partial charge is 0.493 e. The molecule has 0 aromatic heterocycles. The Balaban J connectivity index is 2.55. The number of nitrogens with zero attached hydrogens (tertiary/aromatic N) is 1. The molecule has 0 aliphatic rings. The van der Waals surface area contributed by atoms with Crippen LogP contribution in [0.15, 0.2) is 29.4 Å². The number of nitrogens with two attached hydrogens (primary N) is 1. The lowest BCUT2D eigenvalue weighted by Gasteiger charge is -2.06. The molecule has 0 radical (unpaired) electrons. The second-order valence-electron chi connectivity index (χ2n) is 3.59. The van der Waals surface area contributed by atoms with Gasteiger partial charge in [0.15, 0.2) is 15.7 Å². The summed E-state index contributed by atoms with van der Waals surface area (Å²) in [4.78, 5) is 0. The highest BCUT2D eigenvalue weighted by Crippen LogP contribution is 2.12. The summed E-state index contributed by atoms with van der Waals surface area (Å²) in [6.45, 7) is 1.71. The summed E-state index contributed by atoms with van der Waals surface area (Å²) < 4.78 is 27.8. The lowest BCUT2D eigenvalue weighted by molar-refractivity contribution is 0.318. The number of hydrogen-bond acceptors (Lipinski definition) is 5. The van der Waals surface area contributed by atoms with Gasteiger partial charge in [0, 0.05) is 11.3 Å². The van der Waals surface area contributed by atoms with Gasteiger partial charge in [-0.15, -0.1) is 0 Å². The van der Waals surface area contributed by atoms with E-state index in [0.29, 0.717) is 11.3 Å². The minimum atomic E-state index is -3.01. The molecule has 0 bridgehead atoms. The zero-order chi connectivity index (χ0) is 13.6. The molecular weight excluding hydrogens is 256 g/mol. The van der Waals surface area contributed by atoms with Crippen LogP contribution in [0.5, 0.6) is 5.75 Å². The third-order valence-corrected chi connectivity index (χ3v) is 4.03. The van der Waals surface area contributed by atoms with Crippen molar-refractivity contribution in [1.29, 1.82) is 0 Å².